The van der Waals surface area contributed by atoms with Gasteiger partial charge in [-0.15, -0.1) is 0 Å². The first-order valence-corrected chi connectivity index (χ1v) is 7.77. The number of halogens is 2. The van der Waals surface area contributed by atoms with Crippen molar-refractivity contribution < 1.29 is 18.7 Å². The van der Waals surface area contributed by atoms with Gasteiger partial charge in [0.05, 0.1) is 12.1 Å². The first-order valence-electron chi connectivity index (χ1n) is 7.77. The summed E-state index contributed by atoms with van der Waals surface area (Å²) >= 11 is 0. The predicted octanol–water partition coefficient (Wildman–Crippen LogP) is 2.18. The van der Waals surface area contributed by atoms with Crippen LogP contribution in [0, 0.1) is 11.6 Å². The van der Waals surface area contributed by atoms with Crippen LogP contribution in [0.3, 0.4) is 0 Å². The van der Waals surface area contributed by atoms with Crippen LogP contribution >= 0.6 is 0 Å². The van der Waals surface area contributed by atoms with Crippen molar-refractivity contribution in [1.82, 2.24) is 20.3 Å². The lowest BCUT2D eigenvalue weighted by molar-refractivity contribution is 0.0714. The van der Waals surface area contributed by atoms with Gasteiger partial charge in [-0.3, -0.25) is 4.79 Å². The largest absolute Gasteiger partial charge is 0.391 e. The first-order chi connectivity index (χ1) is 12.0. The van der Waals surface area contributed by atoms with Crippen molar-refractivity contribution in [3.63, 3.8) is 0 Å². The molecular formula is C17H14F2N4O2. The number of rotatable bonds is 2. The van der Waals surface area contributed by atoms with E-state index in [2.05, 4.69) is 15.4 Å². The molecule has 6 nitrogen and oxygen atoms in total. The van der Waals surface area contributed by atoms with E-state index in [1.54, 1.807) is 18.2 Å². The van der Waals surface area contributed by atoms with Gasteiger partial charge >= 0.3 is 0 Å². The minimum Gasteiger partial charge on any atom is -0.391 e. The van der Waals surface area contributed by atoms with Gasteiger partial charge in [0, 0.05) is 17.7 Å². The maximum absolute atomic E-state index is 14.1. The van der Waals surface area contributed by atoms with E-state index in [-0.39, 0.29) is 24.4 Å². The van der Waals surface area contributed by atoms with Gasteiger partial charge < -0.3 is 10.0 Å². The molecule has 3 aromatic rings. The molecule has 1 aliphatic heterocycles. The van der Waals surface area contributed by atoms with E-state index >= 15 is 0 Å². The number of aliphatic hydroxyl groups excluding tert-OH is 1. The molecule has 0 unspecified atom stereocenters. The van der Waals surface area contributed by atoms with Crippen LogP contribution < -0.4 is 0 Å². The zero-order chi connectivity index (χ0) is 17.6. The molecule has 1 aromatic heterocycles. The summed E-state index contributed by atoms with van der Waals surface area (Å²) in [5, 5.41) is 20.3. The maximum atomic E-state index is 14.1. The molecule has 2 heterocycles. The molecule has 0 saturated carbocycles. The maximum Gasteiger partial charge on any atom is 0.254 e. The minimum atomic E-state index is -0.799. The standard InChI is InChI=1S/C17H14F2N4O2/c18-10-2-3-13(19)12(6-10)16-7-11(24)8-23(16)17(25)9-1-4-14-15(5-9)21-22-20-14/h1-6,11,16,24H,7-8H2,(H,20,21,22)/t11-,16-/m1/s1. The first kappa shape index (κ1) is 15.6. The third-order valence-corrected chi connectivity index (χ3v) is 4.42. The second-order valence-corrected chi connectivity index (χ2v) is 6.06. The molecule has 25 heavy (non-hydrogen) atoms. The van der Waals surface area contributed by atoms with Crippen LogP contribution in [0.25, 0.3) is 11.0 Å². The van der Waals surface area contributed by atoms with E-state index in [9.17, 15) is 18.7 Å². The predicted molar refractivity (Wildman–Crippen MR) is 84.6 cm³/mol. The molecule has 4 rings (SSSR count). The Kier molecular flexibility index (Phi) is 3.69. The lowest BCUT2D eigenvalue weighted by Gasteiger charge is -2.25. The summed E-state index contributed by atoms with van der Waals surface area (Å²) in [6, 6.07) is 7.21. The Balaban J connectivity index is 1.71. The zero-order valence-corrected chi connectivity index (χ0v) is 13.0. The molecule has 0 radical (unpaired) electrons. The molecule has 0 bridgehead atoms. The van der Waals surface area contributed by atoms with Crippen LogP contribution in [0.2, 0.25) is 0 Å². The molecule has 2 atom stereocenters. The van der Waals surface area contributed by atoms with E-state index in [4.69, 9.17) is 0 Å². The second kappa shape index (κ2) is 5.89. The third-order valence-electron chi connectivity index (χ3n) is 4.42. The van der Waals surface area contributed by atoms with Gasteiger partial charge in [-0.2, -0.15) is 15.4 Å². The number of likely N-dealkylation sites (tertiary alicyclic amines) is 1. The zero-order valence-electron chi connectivity index (χ0n) is 13.0. The summed E-state index contributed by atoms with van der Waals surface area (Å²) in [5.74, 6) is -1.57. The fraction of sp³-hybridized carbons (Fsp3) is 0.235. The number of aromatic nitrogens is 3. The van der Waals surface area contributed by atoms with Crippen LogP contribution in [0.5, 0.6) is 0 Å². The van der Waals surface area contributed by atoms with Gasteiger partial charge in [-0.05, 0) is 42.8 Å². The van der Waals surface area contributed by atoms with Crippen molar-refractivity contribution in [3.05, 3.63) is 59.2 Å². The van der Waals surface area contributed by atoms with Gasteiger partial charge in [0.1, 0.15) is 22.7 Å². The quantitative estimate of drug-likeness (QED) is 0.747. The average molecular weight is 344 g/mol. The van der Waals surface area contributed by atoms with Crippen LogP contribution in [-0.4, -0.2) is 44.0 Å². The van der Waals surface area contributed by atoms with E-state index in [1.807, 2.05) is 0 Å². The van der Waals surface area contributed by atoms with Crippen molar-refractivity contribution in [1.29, 1.82) is 0 Å². The van der Waals surface area contributed by atoms with E-state index in [0.717, 1.165) is 18.2 Å². The summed E-state index contributed by atoms with van der Waals surface area (Å²) < 4.78 is 27.7. The van der Waals surface area contributed by atoms with Gasteiger partial charge in [-0.25, -0.2) is 8.78 Å². The minimum absolute atomic E-state index is 0.0519. The van der Waals surface area contributed by atoms with Crippen LogP contribution in [0.15, 0.2) is 36.4 Å². The van der Waals surface area contributed by atoms with Gasteiger partial charge in [0.2, 0.25) is 0 Å². The highest BCUT2D eigenvalue weighted by molar-refractivity contribution is 5.97. The summed E-state index contributed by atoms with van der Waals surface area (Å²) in [4.78, 5) is 14.2. The molecule has 8 heteroatoms. The SMILES string of the molecule is O=C(c1ccc2n[nH]nc2c1)N1C[C@H](O)C[C@@H]1c1cc(F)ccc1F. The molecule has 0 aliphatic carbocycles. The molecule has 2 N–H and O–H groups in total. The smallest absolute Gasteiger partial charge is 0.254 e. The van der Waals surface area contributed by atoms with Crippen molar-refractivity contribution in [2.24, 2.45) is 0 Å². The van der Waals surface area contributed by atoms with Crippen LogP contribution in [0.1, 0.15) is 28.4 Å². The van der Waals surface area contributed by atoms with Crippen molar-refractivity contribution in [2.75, 3.05) is 6.54 Å². The van der Waals surface area contributed by atoms with Gasteiger partial charge in [-0.1, -0.05) is 0 Å². The number of amides is 1. The van der Waals surface area contributed by atoms with Crippen molar-refractivity contribution >= 4 is 16.9 Å². The summed E-state index contributed by atoms with van der Waals surface area (Å²) in [7, 11) is 0. The fourth-order valence-electron chi connectivity index (χ4n) is 3.24. The Bertz CT molecular complexity index is 959. The molecule has 0 spiro atoms. The van der Waals surface area contributed by atoms with Crippen molar-refractivity contribution in [2.45, 2.75) is 18.6 Å². The monoisotopic (exact) mass is 344 g/mol. The van der Waals surface area contributed by atoms with E-state index in [1.165, 1.54) is 4.90 Å². The highest BCUT2D eigenvalue weighted by Gasteiger charge is 2.37. The Morgan fingerprint density at radius 3 is 2.80 bits per heavy atom. The number of hydrogen-bond donors (Lipinski definition) is 2. The normalized spacial score (nSPS) is 20.4. The number of aromatic amines is 1. The third kappa shape index (κ3) is 2.74. The summed E-state index contributed by atoms with van der Waals surface area (Å²) in [6.45, 7) is 0.0519. The number of nitrogens with one attached hydrogen (secondary N) is 1. The highest BCUT2D eigenvalue weighted by Crippen LogP contribution is 2.35. The Morgan fingerprint density at radius 1 is 1.16 bits per heavy atom. The van der Waals surface area contributed by atoms with Crippen LogP contribution in [0.4, 0.5) is 8.78 Å². The number of hydrogen-bond acceptors (Lipinski definition) is 4. The van der Waals surface area contributed by atoms with E-state index < -0.39 is 23.8 Å². The average Bonchev–Trinajstić information content (AvgIpc) is 3.22. The van der Waals surface area contributed by atoms with Gasteiger partial charge in [0.25, 0.3) is 5.91 Å². The molecule has 1 amide bonds. The Labute approximate surface area is 141 Å². The number of aliphatic hydroxyl groups is 1. The number of fused-ring (bicyclic) bond motifs is 1. The number of β-amino-alcohol motifs (C(OH)–C–C–N with tert-alkyl or cyclic N) is 1. The number of benzene rings is 2. The summed E-state index contributed by atoms with van der Waals surface area (Å²) in [6.07, 6.45) is -0.648. The molecule has 1 fully saturated rings. The summed E-state index contributed by atoms with van der Waals surface area (Å²) in [5.41, 5.74) is 1.55. The van der Waals surface area contributed by atoms with Gasteiger partial charge in [0.15, 0.2) is 0 Å². The van der Waals surface area contributed by atoms with Crippen molar-refractivity contribution in [3.8, 4) is 0 Å². The molecular weight excluding hydrogens is 330 g/mol. The fourth-order valence-corrected chi connectivity index (χ4v) is 3.24. The number of carbonyl (C=O) groups excluding carboxylic acids is 1. The number of nitrogens with zero attached hydrogens (tertiary/aromatic N) is 3. The second-order valence-electron chi connectivity index (χ2n) is 6.06. The Morgan fingerprint density at radius 2 is 1.96 bits per heavy atom. The topological polar surface area (TPSA) is 82.1 Å². The molecule has 1 aliphatic rings. The lowest BCUT2D eigenvalue weighted by Crippen LogP contribution is -2.32. The molecule has 128 valence electrons. The van der Waals surface area contributed by atoms with Crippen LogP contribution in [-0.2, 0) is 0 Å². The number of carbonyl (C=O) groups is 1. The lowest BCUT2D eigenvalue weighted by atomic mass is 10.0. The number of H-pyrrole nitrogens is 1. The molecule has 1 saturated heterocycles. The van der Waals surface area contributed by atoms with E-state index in [0.29, 0.717) is 16.6 Å². The highest BCUT2D eigenvalue weighted by atomic mass is 19.1. The Hall–Kier alpha value is -2.87. The molecule has 2 aromatic carbocycles.